The summed E-state index contributed by atoms with van der Waals surface area (Å²) in [5.41, 5.74) is -0.285. The van der Waals surface area contributed by atoms with Crippen molar-refractivity contribution in [2.75, 3.05) is 19.7 Å². The van der Waals surface area contributed by atoms with E-state index in [1.54, 1.807) is 0 Å². The topological polar surface area (TPSA) is 87.7 Å². The molecule has 6 nitrogen and oxygen atoms in total. The molecule has 0 aromatic heterocycles. The summed E-state index contributed by atoms with van der Waals surface area (Å²) in [6.45, 7) is 5.30. The lowest BCUT2D eigenvalue weighted by atomic mass is 9.72. The zero-order valence-electron chi connectivity index (χ0n) is 13.1. The molecule has 0 heterocycles. The number of carboxylic acid groups (broad SMARTS) is 1. The number of carbonyl (C=O) groups excluding carboxylic acids is 1. The number of rotatable bonds is 8. The first-order valence-electron chi connectivity index (χ1n) is 7.82. The predicted molar refractivity (Wildman–Crippen MR) is 80.3 cm³/mol. The molecule has 0 aromatic rings. The van der Waals surface area contributed by atoms with Crippen molar-refractivity contribution in [3.8, 4) is 0 Å². The molecule has 1 aliphatic rings. The zero-order valence-corrected chi connectivity index (χ0v) is 13.1. The quantitative estimate of drug-likeness (QED) is 0.641. The van der Waals surface area contributed by atoms with Gasteiger partial charge in [-0.3, -0.25) is 4.79 Å². The minimum absolute atomic E-state index is 0.0246. The highest BCUT2D eigenvalue weighted by atomic mass is 16.5. The molecule has 2 amide bonds. The van der Waals surface area contributed by atoms with E-state index < -0.39 is 5.97 Å². The average Bonchev–Trinajstić information content (AvgIpc) is 2.43. The van der Waals surface area contributed by atoms with Gasteiger partial charge in [0.1, 0.15) is 0 Å². The number of carbonyl (C=O) groups is 2. The van der Waals surface area contributed by atoms with Crippen LogP contribution >= 0.6 is 0 Å². The van der Waals surface area contributed by atoms with Gasteiger partial charge in [-0.1, -0.05) is 19.3 Å². The highest BCUT2D eigenvalue weighted by molar-refractivity contribution is 5.74. The third-order valence-electron chi connectivity index (χ3n) is 4.07. The highest BCUT2D eigenvalue weighted by Gasteiger charge is 2.34. The number of ether oxygens (including phenoxy) is 1. The van der Waals surface area contributed by atoms with Crippen molar-refractivity contribution in [2.24, 2.45) is 5.41 Å². The fraction of sp³-hybridized carbons (Fsp3) is 0.867. The monoisotopic (exact) mass is 300 g/mol. The molecule has 0 aliphatic heterocycles. The lowest BCUT2D eigenvalue weighted by molar-refractivity contribution is -0.140. The van der Waals surface area contributed by atoms with Gasteiger partial charge in [0, 0.05) is 19.7 Å². The van der Waals surface area contributed by atoms with Gasteiger partial charge in [0.05, 0.1) is 12.5 Å². The van der Waals surface area contributed by atoms with Crippen molar-refractivity contribution < 1.29 is 19.4 Å². The van der Waals surface area contributed by atoms with Crippen molar-refractivity contribution in [1.29, 1.82) is 0 Å². The number of hydrogen-bond donors (Lipinski definition) is 3. The normalized spacial score (nSPS) is 18.8. The van der Waals surface area contributed by atoms with Gasteiger partial charge in [0.2, 0.25) is 0 Å². The summed E-state index contributed by atoms with van der Waals surface area (Å²) >= 11 is 0. The molecule has 6 heteroatoms. The van der Waals surface area contributed by atoms with E-state index in [-0.39, 0.29) is 24.0 Å². The molecule has 1 aliphatic carbocycles. The highest BCUT2D eigenvalue weighted by Crippen LogP contribution is 2.38. The van der Waals surface area contributed by atoms with Crippen molar-refractivity contribution in [3.63, 3.8) is 0 Å². The first-order valence-corrected chi connectivity index (χ1v) is 7.82. The molecule has 3 N–H and O–H groups in total. The third-order valence-corrected chi connectivity index (χ3v) is 4.07. The number of hydrogen-bond acceptors (Lipinski definition) is 3. The molecule has 0 bridgehead atoms. The van der Waals surface area contributed by atoms with Gasteiger partial charge in [-0.15, -0.1) is 0 Å². The third kappa shape index (κ3) is 6.80. The summed E-state index contributed by atoms with van der Waals surface area (Å²) < 4.78 is 5.34. The van der Waals surface area contributed by atoms with Crippen LogP contribution in [0.2, 0.25) is 0 Å². The molecule has 0 radical (unpaired) electrons. The fourth-order valence-corrected chi connectivity index (χ4v) is 2.95. The number of carboxylic acids is 1. The van der Waals surface area contributed by atoms with Gasteiger partial charge in [-0.25, -0.2) is 4.79 Å². The smallest absolute Gasteiger partial charge is 0.314 e. The Morgan fingerprint density at radius 2 is 1.90 bits per heavy atom. The Labute approximate surface area is 126 Å². The van der Waals surface area contributed by atoms with Crippen LogP contribution in [-0.2, 0) is 9.53 Å². The second-order valence-corrected chi connectivity index (χ2v) is 5.96. The van der Waals surface area contributed by atoms with Gasteiger partial charge in [0.15, 0.2) is 0 Å². The number of amides is 2. The van der Waals surface area contributed by atoms with E-state index in [0.717, 1.165) is 32.1 Å². The largest absolute Gasteiger partial charge is 0.481 e. The first kappa shape index (κ1) is 17.8. The van der Waals surface area contributed by atoms with Crippen LogP contribution in [0.25, 0.3) is 0 Å². The summed E-state index contributed by atoms with van der Waals surface area (Å²) in [5, 5.41) is 14.7. The van der Waals surface area contributed by atoms with Gasteiger partial charge in [-0.05, 0) is 32.1 Å². The number of urea groups is 1. The summed E-state index contributed by atoms with van der Waals surface area (Å²) in [7, 11) is 0. The fourth-order valence-electron chi connectivity index (χ4n) is 2.95. The summed E-state index contributed by atoms with van der Waals surface area (Å²) in [5.74, 6) is -0.788. The minimum atomic E-state index is -0.788. The second-order valence-electron chi connectivity index (χ2n) is 5.96. The van der Waals surface area contributed by atoms with Gasteiger partial charge >= 0.3 is 12.0 Å². The molecule has 1 rings (SSSR count). The molecule has 0 saturated heterocycles. The Morgan fingerprint density at radius 1 is 1.24 bits per heavy atom. The van der Waals surface area contributed by atoms with E-state index in [4.69, 9.17) is 9.84 Å². The van der Waals surface area contributed by atoms with Crippen molar-refractivity contribution in [2.45, 2.75) is 58.5 Å². The van der Waals surface area contributed by atoms with E-state index in [9.17, 15) is 9.59 Å². The van der Waals surface area contributed by atoms with Crippen LogP contribution in [-0.4, -0.2) is 42.9 Å². The van der Waals surface area contributed by atoms with Crippen LogP contribution in [0.15, 0.2) is 0 Å². The number of aliphatic carboxylic acids is 1. The molecule has 1 saturated carbocycles. The molecule has 1 unspecified atom stereocenters. The Balaban J connectivity index is 2.38. The maximum atomic E-state index is 11.8. The maximum absolute atomic E-state index is 11.8. The van der Waals surface area contributed by atoms with Crippen LogP contribution in [0, 0.1) is 5.41 Å². The molecular formula is C15H28N2O4. The maximum Gasteiger partial charge on any atom is 0.314 e. The van der Waals surface area contributed by atoms with E-state index in [1.807, 2.05) is 13.8 Å². The SMILES string of the molecule is CCOC(C)CNC(=O)NCC1(CC(=O)O)CCCCC1. The Hall–Kier alpha value is -1.30. The first-order chi connectivity index (χ1) is 9.97. The predicted octanol–water partition coefficient (Wildman–Crippen LogP) is 2.14. The Morgan fingerprint density at radius 3 is 2.48 bits per heavy atom. The summed E-state index contributed by atoms with van der Waals surface area (Å²) in [6.07, 6.45) is 5.07. The minimum Gasteiger partial charge on any atom is -0.481 e. The van der Waals surface area contributed by atoms with E-state index in [0.29, 0.717) is 19.7 Å². The number of nitrogens with one attached hydrogen (secondary N) is 2. The lowest BCUT2D eigenvalue weighted by Crippen LogP contribution is -2.45. The molecule has 21 heavy (non-hydrogen) atoms. The van der Waals surface area contributed by atoms with Crippen molar-refractivity contribution in [1.82, 2.24) is 10.6 Å². The van der Waals surface area contributed by atoms with E-state index >= 15 is 0 Å². The molecular weight excluding hydrogens is 272 g/mol. The van der Waals surface area contributed by atoms with Crippen molar-refractivity contribution in [3.05, 3.63) is 0 Å². The van der Waals surface area contributed by atoms with Crippen LogP contribution < -0.4 is 10.6 Å². The van der Waals surface area contributed by atoms with E-state index in [1.165, 1.54) is 0 Å². The second kappa shape index (κ2) is 8.87. The van der Waals surface area contributed by atoms with Crippen LogP contribution in [0.3, 0.4) is 0 Å². The summed E-state index contributed by atoms with van der Waals surface area (Å²) in [4.78, 5) is 22.9. The van der Waals surface area contributed by atoms with Crippen LogP contribution in [0.5, 0.6) is 0 Å². The van der Waals surface area contributed by atoms with E-state index in [2.05, 4.69) is 10.6 Å². The average molecular weight is 300 g/mol. The standard InChI is InChI=1S/C15H28N2O4/c1-3-21-12(2)10-16-14(20)17-11-15(9-13(18)19)7-5-4-6-8-15/h12H,3-11H2,1-2H3,(H,18,19)(H2,16,17,20). The van der Waals surface area contributed by atoms with Gasteiger partial charge in [-0.2, -0.15) is 0 Å². The lowest BCUT2D eigenvalue weighted by Gasteiger charge is -2.36. The molecule has 0 spiro atoms. The Bertz CT molecular complexity index is 341. The molecule has 122 valence electrons. The van der Waals surface area contributed by atoms with Crippen LogP contribution in [0.1, 0.15) is 52.4 Å². The van der Waals surface area contributed by atoms with Crippen molar-refractivity contribution >= 4 is 12.0 Å². The summed E-state index contributed by atoms with van der Waals surface area (Å²) in [6, 6.07) is -0.253. The molecule has 1 atom stereocenters. The van der Waals surface area contributed by atoms with Gasteiger partial charge in [0.25, 0.3) is 0 Å². The van der Waals surface area contributed by atoms with Gasteiger partial charge < -0.3 is 20.5 Å². The zero-order chi connectivity index (χ0) is 15.7. The molecule has 0 aromatic carbocycles. The van der Waals surface area contributed by atoms with Crippen LogP contribution in [0.4, 0.5) is 4.79 Å². The Kier molecular flexibility index (Phi) is 7.50. The molecule has 1 fully saturated rings.